The third-order valence-electron chi connectivity index (χ3n) is 8.43. The molecule has 0 aromatic rings. The monoisotopic (exact) mass is 424 g/mol. The van der Waals surface area contributed by atoms with E-state index in [2.05, 4.69) is 29.8 Å². The van der Waals surface area contributed by atoms with Crippen LogP contribution >= 0.6 is 15.9 Å². The van der Waals surface area contributed by atoms with Crippen LogP contribution in [0.5, 0.6) is 0 Å². The minimum absolute atomic E-state index is 0.113. The highest BCUT2D eigenvalue weighted by atomic mass is 79.9. The molecule has 0 heterocycles. The lowest BCUT2D eigenvalue weighted by Gasteiger charge is -2.58. The molecule has 0 aromatic carbocycles. The largest absolute Gasteiger partial charge is 0.432 e. The van der Waals surface area contributed by atoms with Crippen LogP contribution in [0.4, 0.5) is 0 Å². The smallest absolute Gasteiger partial charge is 0.319 e. The summed E-state index contributed by atoms with van der Waals surface area (Å²) >= 11 is 3.14. The van der Waals surface area contributed by atoms with Crippen LogP contribution in [0.1, 0.15) is 65.2 Å². The second kappa shape index (κ2) is 6.16. The number of hydrogen-bond acceptors (Lipinski definition) is 4. The van der Waals surface area contributed by atoms with Crippen molar-refractivity contribution in [3.05, 3.63) is 11.6 Å². The fourth-order valence-corrected chi connectivity index (χ4v) is 7.03. The summed E-state index contributed by atoms with van der Waals surface area (Å²) in [7, 11) is 0. The lowest BCUT2D eigenvalue weighted by molar-refractivity contribution is -0.262. The number of hydrogen-bond donors (Lipinski definition) is 1. The van der Waals surface area contributed by atoms with Crippen LogP contribution in [-0.2, 0) is 14.3 Å². The Balaban J connectivity index is 1.63. The number of fused-ring (bicyclic) bond motifs is 5. The maximum atomic E-state index is 11.9. The molecule has 1 N–H and O–H groups in total. The molecule has 0 amide bonds. The van der Waals surface area contributed by atoms with Crippen LogP contribution in [0, 0.1) is 28.6 Å². The molecule has 4 aliphatic carbocycles. The molecule has 0 aromatic heterocycles. The number of carbonyl (C=O) groups excluding carboxylic acids is 2. The molecular weight excluding hydrogens is 396 g/mol. The predicted octanol–water partition coefficient (Wildman–Crippen LogP) is 4.15. The third kappa shape index (κ3) is 2.49. The molecule has 4 nitrogen and oxygen atoms in total. The Hall–Kier alpha value is -0.680. The molecule has 4 rings (SSSR count). The van der Waals surface area contributed by atoms with Crippen LogP contribution in [0.3, 0.4) is 0 Å². The molecule has 4 aliphatic rings. The zero-order chi connectivity index (χ0) is 18.7. The van der Waals surface area contributed by atoms with Crippen molar-refractivity contribution in [3.63, 3.8) is 0 Å². The van der Waals surface area contributed by atoms with Crippen LogP contribution < -0.4 is 0 Å². The third-order valence-corrected chi connectivity index (χ3v) is 8.89. The molecular formula is C21H29BrO4. The van der Waals surface area contributed by atoms with E-state index in [-0.39, 0.29) is 27.9 Å². The summed E-state index contributed by atoms with van der Waals surface area (Å²) in [6, 6.07) is 0. The molecule has 6 atom stereocenters. The normalized spacial score (nSPS) is 47.5. The van der Waals surface area contributed by atoms with Gasteiger partial charge in [0.05, 0.1) is 0 Å². The van der Waals surface area contributed by atoms with E-state index in [1.54, 1.807) is 0 Å². The lowest BCUT2D eigenvalue weighted by atomic mass is 9.47. The van der Waals surface area contributed by atoms with Gasteiger partial charge in [0.15, 0.2) is 5.78 Å². The highest BCUT2D eigenvalue weighted by Gasteiger charge is 2.65. The van der Waals surface area contributed by atoms with Crippen molar-refractivity contribution in [2.24, 2.45) is 28.6 Å². The summed E-state index contributed by atoms with van der Waals surface area (Å²) in [5, 5.41) is 11.4. The number of carbonyl (C=O) groups is 2. The van der Waals surface area contributed by atoms with Crippen LogP contribution in [0.25, 0.3) is 0 Å². The minimum atomic E-state index is -1.34. The van der Waals surface area contributed by atoms with E-state index in [4.69, 9.17) is 4.74 Å². The molecule has 0 spiro atoms. The lowest BCUT2D eigenvalue weighted by Crippen LogP contribution is -2.56. The fourth-order valence-electron chi connectivity index (χ4n) is 6.92. The van der Waals surface area contributed by atoms with Crippen LogP contribution in [-0.4, -0.2) is 28.0 Å². The summed E-state index contributed by atoms with van der Waals surface area (Å²) in [5.74, 6) is 0.0539. The Bertz CT molecular complexity index is 673. The topological polar surface area (TPSA) is 63.6 Å². The zero-order valence-corrected chi connectivity index (χ0v) is 17.3. The molecule has 144 valence electrons. The molecule has 3 saturated carbocycles. The number of rotatable bonds is 2. The van der Waals surface area contributed by atoms with Gasteiger partial charge >= 0.3 is 5.97 Å². The number of aliphatic hydroxyl groups is 1. The fraction of sp³-hybridized carbons (Fsp3) is 0.810. The SMILES string of the molecule is C[C@]12CCC(=O)C=C1CC[C@@H]1[C@@H]2CC[C@@]2(C)[C@H]1CC[C@]2(O)OC(=O)CBr. The van der Waals surface area contributed by atoms with Gasteiger partial charge in [0.25, 0.3) is 0 Å². The first-order chi connectivity index (χ1) is 12.2. The molecule has 3 fully saturated rings. The van der Waals surface area contributed by atoms with Gasteiger partial charge in [-0.05, 0) is 67.8 Å². The van der Waals surface area contributed by atoms with Gasteiger partial charge in [-0.2, -0.15) is 0 Å². The predicted molar refractivity (Wildman–Crippen MR) is 102 cm³/mol. The van der Waals surface area contributed by atoms with Gasteiger partial charge in [-0.15, -0.1) is 0 Å². The summed E-state index contributed by atoms with van der Waals surface area (Å²) < 4.78 is 5.56. The average molecular weight is 425 g/mol. The highest BCUT2D eigenvalue weighted by molar-refractivity contribution is 9.09. The second-order valence-corrected chi connectivity index (χ2v) is 9.92. The van der Waals surface area contributed by atoms with E-state index in [0.717, 1.165) is 38.5 Å². The van der Waals surface area contributed by atoms with Crippen LogP contribution in [0.15, 0.2) is 11.6 Å². The van der Waals surface area contributed by atoms with E-state index in [1.807, 2.05) is 6.08 Å². The molecule has 0 saturated heterocycles. The first-order valence-electron chi connectivity index (χ1n) is 9.97. The molecule has 0 radical (unpaired) electrons. The van der Waals surface area contributed by atoms with Crippen molar-refractivity contribution in [2.45, 2.75) is 71.0 Å². The second-order valence-electron chi connectivity index (χ2n) is 9.36. The van der Waals surface area contributed by atoms with Gasteiger partial charge in [0.1, 0.15) is 5.33 Å². The number of alkyl halides is 1. The van der Waals surface area contributed by atoms with Gasteiger partial charge < -0.3 is 9.84 Å². The standard InChI is InChI=1S/C21H29BrO4/c1-19-8-5-14(23)11-13(19)3-4-15-16(19)6-9-20(2)17(15)7-10-21(20,25)26-18(24)12-22/h11,15-17,25H,3-10,12H2,1-2H3/t15-,16+,17+,19+,20+,21+/m1/s1. The molecule has 5 heteroatoms. The number of ether oxygens (including phenoxy) is 1. The Morgan fingerprint density at radius 2 is 1.92 bits per heavy atom. The van der Waals surface area contributed by atoms with Gasteiger partial charge in [0.2, 0.25) is 5.79 Å². The summed E-state index contributed by atoms with van der Waals surface area (Å²) in [6.07, 6.45) is 9.00. The summed E-state index contributed by atoms with van der Waals surface area (Å²) in [5.41, 5.74) is 1.12. The van der Waals surface area contributed by atoms with Crippen LogP contribution in [0.2, 0.25) is 0 Å². The van der Waals surface area contributed by atoms with E-state index in [9.17, 15) is 14.7 Å². The highest BCUT2D eigenvalue weighted by Crippen LogP contribution is 2.67. The van der Waals surface area contributed by atoms with Crippen molar-refractivity contribution < 1.29 is 19.4 Å². The number of esters is 1. The molecule has 26 heavy (non-hydrogen) atoms. The van der Waals surface area contributed by atoms with Crippen molar-refractivity contribution >= 4 is 27.7 Å². The van der Waals surface area contributed by atoms with E-state index in [0.29, 0.717) is 30.6 Å². The summed E-state index contributed by atoms with van der Waals surface area (Å²) in [6.45, 7) is 4.48. The first kappa shape index (κ1) is 18.7. The van der Waals surface area contributed by atoms with Gasteiger partial charge in [0, 0.05) is 18.3 Å². The average Bonchev–Trinajstić information content (AvgIpc) is 2.86. The van der Waals surface area contributed by atoms with Crippen molar-refractivity contribution in [1.29, 1.82) is 0 Å². The number of ketones is 1. The first-order valence-corrected chi connectivity index (χ1v) is 11.1. The maximum absolute atomic E-state index is 11.9. The zero-order valence-electron chi connectivity index (χ0n) is 15.7. The Morgan fingerprint density at radius 3 is 2.65 bits per heavy atom. The number of allylic oxidation sites excluding steroid dienone is 1. The van der Waals surface area contributed by atoms with Gasteiger partial charge in [-0.1, -0.05) is 35.4 Å². The summed E-state index contributed by atoms with van der Waals surface area (Å²) in [4.78, 5) is 23.8. The van der Waals surface area contributed by atoms with Gasteiger partial charge in [-0.25, -0.2) is 0 Å². The molecule has 0 aliphatic heterocycles. The van der Waals surface area contributed by atoms with E-state index in [1.165, 1.54) is 5.57 Å². The van der Waals surface area contributed by atoms with E-state index >= 15 is 0 Å². The Kier molecular flexibility index (Phi) is 4.43. The van der Waals surface area contributed by atoms with Crippen molar-refractivity contribution in [1.82, 2.24) is 0 Å². The molecule has 0 bridgehead atoms. The van der Waals surface area contributed by atoms with Crippen molar-refractivity contribution in [3.8, 4) is 0 Å². The maximum Gasteiger partial charge on any atom is 0.319 e. The molecule has 0 unspecified atom stereocenters. The van der Waals surface area contributed by atoms with Gasteiger partial charge in [-0.3, -0.25) is 9.59 Å². The Morgan fingerprint density at radius 1 is 1.19 bits per heavy atom. The van der Waals surface area contributed by atoms with Crippen molar-refractivity contribution in [2.75, 3.05) is 5.33 Å². The minimum Gasteiger partial charge on any atom is -0.432 e. The van der Waals surface area contributed by atoms with E-state index < -0.39 is 5.79 Å². The Labute approximate surface area is 163 Å². The number of halogens is 1. The quantitative estimate of drug-likeness (QED) is 0.410.